The van der Waals surface area contributed by atoms with Gasteiger partial charge in [-0.15, -0.1) is 0 Å². The number of aryl methyl sites for hydroxylation is 2. The van der Waals surface area contributed by atoms with Crippen molar-refractivity contribution in [1.82, 2.24) is 0 Å². The molecule has 3 aromatic carbocycles. The van der Waals surface area contributed by atoms with Crippen LogP contribution in [0, 0.1) is 13.8 Å². The average Bonchev–Trinajstić information content (AvgIpc) is 2.78. The van der Waals surface area contributed by atoms with E-state index in [1.54, 1.807) is 62.8 Å². The number of hydrogen-bond acceptors (Lipinski definition) is 7. The first-order chi connectivity index (χ1) is 15.3. The van der Waals surface area contributed by atoms with Crippen LogP contribution in [0.1, 0.15) is 11.1 Å². The predicted octanol–water partition coefficient (Wildman–Crippen LogP) is 5.31. The SMILES string of the molecule is COc1ccc(OP(=O)(Oc2ccc(OC)c(OC)c2)c2cc(C)cc(C)c2)cc1OC. The van der Waals surface area contributed by atoms with Crippen molar-refractivity contribution in [3.8, 4) is 34.5 Å². The summed E-state index contributed by atoms with van der Waals surface area (Å²) in [6.45, 7) is 3.85. The van der Waals surface area contributed by atoms with Crippen LogP contribution in [-0.2, 0) is 4.57 Å². The van der Waals surface area contributed by atoms with Crippen molar-refractivity contribution >= 4 is 12.9 Å². The van der Waals surface area contributed by atoms with Gasteiger partial charge in [-0.25, -0.2) is 4.57 Å². The zero-order valence-electron chi connectivity index (χ0n) is 19.0. The largest absolute Gasteiger partial charge is 0.493 e. The van der Waals surface area contributed by atoms with E-state index >= 15 is 0 Å². The van der Waals surface area contributed by atoms with Gasteiger partial charge in [-0.05, 0) is 61.4 Å². The summed E-state index contributed by atoms with van der Waals surface area (Å²) in [5.41, 5.74) is 1.87. The molecule has 7 nitrogen and oxygen atoms in total. The zero-order valence-corrected chi connectivity index (χ0v) is 19.9. The topological polar surface area (TPSA) is 72.5 Å². The van der Waals surface area contributed by atoms with Gasteiger partial charge in [0, 0.05) is 12.1 Å². The van der Waals surface area contributed by atoms with Crippen molar-refractivity contribution in [2.75, 3.05) is 28.4 Å². The number of hydrogen-bond donors (Lipinski definition) is 0. The molecule has 0 bridgehead atoms. The Kier molecular flexibility index (Phi) is 7.21. The molecule has 32 heavy (non-hydrogen) atoms. The third kappa shape index (κ3) is 5.11. The first-order valence-corrected chi connectivity index (χ1v) is 11.4. The molecule has 0 fully saturated rings. The fraction of sp³-hybridized carbons (Fsp3) is 0.250. The Morgan fingerprint density at radius 3 is 1.34 bits per heavy atom. The lowest BCUT2D eigenvalue weighted by atomic mass is 10.2. The molecule has 0 heterocycles. The van der Waals surface area contributed by atoms with E-state index in [9.17, 15) is 4.57 Å². The van der Waals surface area contributed by atoms with Crippen molar-refractivity contribution in [3.63, 3.8) is 0 Å². The molecule has 0 atom stereocenters. The van der Waals surface area contributed by atoms with E-state index in [0.29, 0.717) is 39.8 Å². The van der Waals surface area contributed by atoms with Gasteiger partial charge in [0.15, 0.2) is 23.0 Å². The molecule has 8 heteroatoms. The third-order valence-electron chi connectivity index (χ3n) is 4.68. The molecule has 0 aromatic heterocycles. The van der Waals surface area contributed by atoms with E-state index in [-0.39, 0.29) is 0 Å². The molecule has 0 saturated heterocycles. The second-order valence-corrected chi connectivity index (χ2v) is 8.94. The maximum atomic E-state index is 14.2. The third-order valence-corrected chi connectivity index (χ3v) is 6.48. The predicted molar refractivity (Wildman–Crippen MR) is 124 cm³/mol. The molecule has 0 amide bonds. The van der Waals surface area contributed by atoms with Gasteiger partial charge >= 0.3 is 7.60 Å². The molecule has 0 aliphatic heterocycles. The molecule has 0 radical (unpaired) electrons. The monoisotopic (exact) mass is 458 g/mol. The minimum absolute atomic E-state index is 0.311. The summed E-state index contributed by atoms with van der Waals surface area (Å²) < 4.78 is 47.4. The smallest absolute Gasteiger partial charge is 0.462 e. The molecule has 0 aliphatic carbocycles. The van der Waals surface area contributed by atoms with Gasteiger partial charge in [0.05, 0.1) is 33.7 Å². The fourth-order valence-electron chi connectivity index (χ4n) is 3.26. The normalized spacial score (nSPS) is 10.9. The second-order valence-electron chi connectivity index (χ2n) is 7.06. The number of methoxy groups -OCH3 is 4. The maximum absolute atomic E-state index is 14.2. The summed E-state index contributed by atoms with van der Waals surface area (Å²) in [5.74, 6) is 2.58. The van der Waals surface area contributed by atoms with Crippen molar-refractivity contribution in [2.45, 2.75) is 13.8 Å². The van der Waals surface area contributed by atoms with E-state index in [4.69, 9.17) is 28.0 Å². The highest BCUT2D eigenvalue weighted by molar-refractivity contribution is 7.63. The van der Waals surface area contributed by atoms with Gasteiger partial charge < -0.3 is 28.0 Å². The Labute approximate surface area is 188 Å². The summed E-state index contributed by atoms with van der Waals surface area (Å²) >= 11 is 0. The van der Waals surface area contributed by atoms with E-state index in [0.717, 1.165) is 11.1 Å². The Balaban J connectivity index is 2.07. The van der Waals surface area contributed by atoms with E-state index in [1.807, 2.05) is 19.9 Å². The van der Waals surface area contributed by atoms with E-state index in [2.05, 4.69) is 0 Å². The summed E-state index contributed by atoms with van der Waals surface area (Å²) in [4.78, 5) is 0. The summed E-state index contributed by atoms with van der Waals surface area (Å²) in [7, 11) is 2.25. The number of ether oxygens (including phenoxy) is 4. The minimum atomic E-state index is -3.87. The highest BCUT2D eigenvalue weighted by Crippen LogP contribution is 2.50. The van der Waals surface area contributed by atoms with Crippen molar-refractivity contribution in [2.24, 2.45) is 0 Å². The van der Waals surface area contributed by atoms with Gasteiger partial charge in [-0.1, -0.05) is 6.07 Å². The standard InChI is InChI=1S/C24H27O7P/c1-16-11-17(2)13-20(12-16)32(25,30-18-7-9-21(26-3)23(14-18)28-5)31-19-8-10-22(27-4)24(15-19)29-6/h7-15H,1-6H3. The molecule has 0 N–H and O–H groups in total. The zero-order chi connectivity index (χ0) is 23.3. The lowest BCUT2D eigenvalue weighted by molar-refractivity contribution is 0.349. The molecule has 3 rings (SSSR count). The van der Waals surface area contributed by atoms with Crippen LogP contribution in [0.4, 0.5) is 0 Å². The van der Waals surface area contributed by atoms with E-state index in [1.165, 1.54) is 14.2 Å². The van der Waals surface area contributed by atoms with Crippen LogP contribution >= 0.6 is 7.60 Å². The van der Waals surface area contributed by atoms with Gasteiger partial charge in [-0.2, -0.15) is 0 Å². The first kappa shape index (κ1) is 23.4. The Morgan fingerprint density at radius 2 is 0.969 bits per heavy atom. The number of rotatable bonds is 9. The molecule has 170 valence electrons. The van der Waals surface area contributed by atoms with Crippen molar-refractivity contribution in [1.29, 1.82) is 0 Å². The van der Waals surface area contributed by atoms with Crippen LogP contribution in [0.25, 0.3) is 0 Å². The van der Waals surface area contributed by atoms with Crippen LogP contribution < -0.4 is 33.3 Å². The minimum Gasteiger partial charge on any atom is -0.493 e. The van der Waals surface area contributed by atoms with Crippen LogP contribution in [0.2, 0.25) is 0 Å². The Hall–Kier alpha value is -3.31. The highest BCUT2D eigenvalue weighted by Gasteiger charge is 2.32. The first-order valence-electron chi connectivity index (χ1n) is 9.84. The summed E-state index contributed by atoms with van der Waals surface area (Å²) in [6.07, 6.45) is 0. The highest BCUT2D eigenvalue weighted by atomic mass is 31.2. The second kappa shape index (κ2) is 9.88. The molecule has 0 unspecified atom stereocenters. The Bertz CT molecular complexity index is 1060. The van der Waals surface area contributed by atoms with Gasteiger partial charge in [0.1, 0.15) is 11.5 Å². The summed E-state index contributed by atoms with van der Waals surface area (Å²) in [5, 5.41) is 0.430. The average molecular weight is 458 g/mol. The van der Waals surface area contributed by atoms with Crippen LogP contribution in [-0.4, -0.2) is 28.4 Å². The molecule has 0 saturated carbocycles. The quantitative estimate of drug-likeness (QED) is 0.402. The van der Waals surface area contributed by atoms with Crippen molar-refractivity contribution in [3.05, 3.63) is 65.7 Å². The molecule has 0 aliphatic rings. The van der Waals surface area contributed by atoms with Gasteiger partial charge in [0.2, 0.25) is 0 Å². The van der Waals surface area contributed by atoms with E-state index < -0.39 is 7.60 Å². The van der Waals surface area contributed by atoms with Crippen LogP contribution in [0.3, 0.4) is 0 Å². The van der Waals surface area contributed by atoms with Gasteiger partial charge in [0.25, 0.3) is 0 Å². The molecule has 0 spiro atoms. The summed E-state index contributed by atoms with van der Waals surface area (Å²) in [6, 6.07) is 15.4. The Morgan fingerprint density at radius 1 is 0.562 bits per heavy atom. The molecular weight excluding hydrogens is 431 g/mol. The van der Waals surface area contributed by atoms with Gasteiger partial charge in [-0.3, -0.25) is 0 Å². The lowest BCUT2D eigenvalue weighted by Crippen LogP contribution is -2.16. The lowest BCUT2D eigenvalue weighted by Gasteiger charge is -2.22. The van der Waals surface area contributed by atoms with Crippen molar-refractivity contribution < 1.29 is 32.6 Å². The molecular formula is C24H27O7P. The maximum Gasteiger partial charge on any atom is 0.462 e. The van der Waals surface area contributed by atoms with Crippen LogP contribution in [0.15, 0.2) is 54.6 Å². The fourth-order valence-corrected chi connectivity index (χ4v) is 5.01. The number of benzene rings is 3. The van der Waals surface area contributed by atoms with Crippen LogP contribution in [0.5, 0.6) is 34.5 Å². The molecule has 3 aromatic rings.